The Morgan fingerprint density at radius 1 is 1.67 bits per heavy atom. The Morgan fingerprint density at radius 2 is 2.53 bits per heavy atom. The molecule has 1 aromatic rings. The van der Waals surface area contributed by atoms with Crippen LogP contribution < -0.4 is 11.1 Å². The average Bonchev–Trinajstić information content (AvgIpc) is 2.29. The first-order valence-electron chi connectivity index (χ1n) is 5.36. The molecule has 15 heavy (non-hydrogen) atoms. The van der Waals surface area contributed by atoms with Crippen LogP contribution in [0.4, 0.5) is 0 Å². The SMILES string of the molecule is CN1CCNC(c2cnccc2CN)C1. The standard InChI is InChI=1S/C11H18N4/c1-15-5-4-14-11(8-15)10-7-13-3-2-9(10)6-12/h2-3,7,11,14H,4-6,8,12H2,1H3. The lowest BCUT2D eigenvalue weighted by atomic mass is 10.0. The van der Waals surface area contributed by atoms with E-state index in [-0.39, 0.29) is 0 Å². The zero-order valence-electron chi connectivity index (χ0n) is 9.11. The first-order valence-corrected chi connectivity index (χ1v) is 5.36. The van der Waals surface area contributed by atoms with Crippen molar-refractivity contribution >= 4 is 0 Å². The van der Waals surface area contributed by atoms with Crippen molar-refractivity contribution in [1.29, 1.82) is 0 Å². The zero-order valence-corrected chi connectivity index (χ0v) is 9.11. The maximum atomic E-state index is 5.72. The third-order valence-corrected chi connectivity index (χ3v) is 2.92. The molecule has 0 radical (unpaired) electrons. The van der Waals surface area contributed by atoms with Crippen molar-refractivity contribution in [3.05, 3.63) is 29.6 Å². The highest BCUT2D eigenvalue weighted by atomic mass is 15.2. The third-order valence-electron chi connectivity index (χ3n) is 2.92. The van der Waals surface area contributed by atoms with Gasteiger partial charge in [-0.1, -0.05) is 0 Å². The van der Waals surface area contributed by atoms with Gasteiger partial charge in [0.25, 0.3) is 0 Å². The van der Waals surface area contributed by atoms with Gasteiger partial charge in [0.15, 0.2) is 0 Å². The molecule has 0 amide bonds. The fourth-order valence-corrected chi connectivity index (χ4v) is 2.04. The molecule has 0 spiro atoms. The molecular formula is C11H18N4. The molecule has 4 heteroatoms. The Labute approximate surface area is 90.5 Å². The van der Waals surface area contributed by atoms with Gasteiger partial charge in [-0.15, -0.1) is 0 Å². The van der Waals surface area contributed by atoms with Gasteiger partial charge in [0.05, 0.1) is 0 Å². The minimum absolute atomic E-state index is 0.371. The van der Waals surface area contributed by atoms with E-state index >= 15 is 0 Å². The van der Waals surface area contributed by atoms with Crippen LogP contribution in [-0.4, -0.2) is 36.6 Å². The van der Waals surface area contributed by atoms with Crippen LogP contribution >= 0.6 is 0 Å². The fourth-order valence-electron chi connectivity index (χ4n) is 2.04. The van der Waals surface area contributed by atoms with E-state index in [4.69, 9.17) is 5.73 Å². The molecule has 0 saturated carbocycles. The van der Waals surface area contributed by atoms with E-state index in [2.05, 4.69) is 22.2 Å². The van der Waals surface area contributed by atoms with Crippen LogP contribution in [0.15, 0.2) is 18.5 Å². The number of hydrogen-bond donors (Lipinski definition) is 2. The lowest BCUT2D eigenvalue weighted by Gasteiger charge is -2.31. The topological polar surface area (TPSA) is 54.2 Å². The summed E-state index contributed by atoms with van der Waals surface area (Å²) >= 11 is 0. The Bertz CT molecular complexity index is 326. The molecule has 1 aliphatic heterocycles. The summed E-state index contributed by atoms with van der Waals surface area (Å²) in [5, 5.41) is 3.50. The second-order valence-corrected chi connectivity index (χ2v) is 4.05. The summed E-state index contributed by atoms with van der Waals surface area (Å²) in [7, 11) is 2.15. The number of nitrogens with zero attached hydrogens (tertiary/aromatic N) is 2. The number of rotatable bonds is 2. The largest absolute Gasteiger partial charge is 0.326 e. The minimum Gasteiger partial charge on any atom is -0.326 e. The fraction of sp³-hybridized carbons (Fsp3) is 0.545. The Balaban J connectivity index is 2.20. The van der Waals surface area contributed by atoms with Crippen molar-refractivity contribution in [2.75, 3.05) is 26.7 Å². The summed E-state index contributed by atoms with van der Waals surface area (Å²) in [4.78, 5) is 6.51. The van der Waals surface area contributed by atoms with Crippen molar-refractivity contribution in [1.82, 2.24) is 15.2 Å². The maximum absolute atomic E-state index is 5.72. The van der Waals surface area contributed by atoms with Crippen molar-refractivity contribution in [3.8, 4) is 0 Å². The lowest BCUT2D eigenvalue weighted by molar-refractivity contribution is 0.240. The van der Waals surface area contributed by atoms with Gasteiger partial charge >= 0.3 is 0 Å². The summed E-state index contributed by atoms with van der Waals surface area (Å²) in [6, 6.07) is 2.38. The van der Waals surface area contributed by atoms with Crippen LogP contribution in [-0.2, 0) is 6.54 Å². The number of likely N-dealkylation sites (N-methyl/N-ethyl adjacent to an activating group) is 1. The van der Waals surface area contributed by atoms with Crippen molar-refractivity contribution in [3.63, 3.8) is 0 Å². The molecule has 0 bridgehead atoms. The normalized spacial score (nSPS) is 22.9. The van der Waals surface area contributed by atoms with Gasteiger partial charge in [0, 0.05) is 44.6 Å². The number of nitrogens with two attached hydrogens (primary N) is 1. The van der Waals surface area contributed by atoms with Gasteiger partial charge in [0.1, 0.15) is 0 Å². The molecule has 1 unspecified atom stereocenters. The maximum Gasteiger partial charge on any atom is 0.0468 e. The second kappa shape index (κ2) is 4.70. The lowest BCUT2D eigenvalue weighted by Crippen LogP contribution is -2.44. The summed E-state index contributed by atoms with van der Waals surface area (Å²) in [5.74, 6) is 0. The van der Waals surface area contributed by atoms with Gasteiger partial charge in [0.2, 0.25) is 0 Å². The predicted octanol–water partition coefficient (Wildman–Crippen LogP) is 0.116. The van der Waals surface area contributed by atoms with Crippen LogP contribution in [0.25, 0.3) is 0 Å². The van der Waals surface area contributed by atoms with Crippen LogP contribution in [0.3, 0.4) is 0 Å². The smallest absolute Gasteiger partial charge is 0.0468 e. The molecule has 1 aromatic heterocycles. The van der Waals surface area contributed by atoms with E-state index in [0.717, 1.165) is 19.6 Å². The van der Waals surface area contributed by atoms with E-state index in [1.165, 1.54) is 11.1 Å². The van der Waals surface area contributed by atoms with Gasteiger partial charge in [-0.3, -0.25) is 4.98 Å². The van der Waals surface area contributed by atoms with Crippen LogP contribution in [0.2, 0.25) is 0 Å². The van der Waals surface area contributed by atoms with E-state index in [1.807, 2.05) is 12.3 Å². The monoisotopic (exact) mass is 206 g/mol. The first kappa shape index (κ1) is 10.5. The highest BCUT2D eigenvalue weighted by molar-refractivity contribution is 5.27. The summed E-state index contributed by atoms with van der Waals surface area (Å²) in [6.45, 7) is 3.74. The number of pyridine rings is 1. The quantitative estimate of drug-likeness (QED) is 0.721. The Kier molecular flexibility index (Phi) is 3.30. The number of nitrogens with one attached hydrogen (secondary N) is 1. The molecule has 4 nitrogen and oxygen atoms in total. The van der Waals surface area contributed by atoms with Crippen LogP contribution in [0, 0.1) is 0 Å². The van der Waals surface area contributed by atoms with E-state index < -0.39 is 0 Å². The second-order valence-electron chi connectivity index (χ2n) is 4.05. The number of aromatic nitrogens is 1. The summed E-state index contributed by atoms with van der Waals surface area (Å²) < 4.78 is 0. The van der Waals surface area contributed by atoms with E-state index in [1.54, 1.807) is 6.20 Å². The molecule has 1 fully saturated rings. The average molecular weight is 206 g/mol. The van der Waals surface area contributed by atoms with Crippen molar-refractivity contribution in [2.24, 2.45) is 5.73 Å². The Hall–Kier alpha value is -0.970. The molecule has 2 rings (SSSR count). The zero-order chi connectivity index (χ0) is 10.7. The van der Waals surface area contributed by atoms with Crippen molar-refractivity contribution in [2.45, 2.75) is 12.6 Å². The van der Waals surface area contributed by atoms with Crippen molar-refractivity contribution < 1.29 is 0 Å². The van der Waals surface area contributed by atoms with Crippen LogP contribution in [0.1, 0.15) is 17.2 Å². The summed E-state index contributed by atoms with van der Waals surface area (Å²) in [6.07, 6.45) is 3.73. The molecule has 1 aliphatic rings. The number of piperazine rings is 1. The number of hydrogen-bond acceptors (Lipinski definition) is 4. The molecule has 0 aliphatic carbocycles. The predicted molar refractivity (Wildman–Crippen MR) is 60.4 cm³/mol. The minimum atomic E-state index is 0.371. The molecule has 1 atom stereocenters. The molecule has 3 N–H and O–H groups in total. The third kappa shape index (κ3) is 2.34. The van der Waals surface area contributed by atoms with Crippen LogP contribution in [0.5, 0.6) is 0 Å². The molecule has 2 heterocycles. The van der Waals surface area contributed by atoms with Gasteiger partial charge in [-0.2, -0.15) is 0 Å². The molecule has 82 valence electrons. The Morgan fingerprint density at radius 3 is 3.27 bits per heavy atom. The molecular weight excluding hydrogens is 188 g/mol. The van der Waals surface area contributed by atoms with E-state index in [9.17, 15) is 0 Å². The highest BCUT2D eigenvalue weighted by Crippen LogP contribution is 2.19. The van der Waals surface area contributed by atoms with Gasteiger partial charge < -0.3 is 16.0 Å². The van der Waals surface area contributed by atoms with E-state index in [0.29, 0.717) is 12.6 Å². The first-order chi connectivity index (χ1) is 7.31. The van der Waals surface area contributed by atoms with Gasteiger partial charge in [-0.25, -0.2) is 0 Å². The highest BCUT2D eigenvalue weighted by Gasteiger charge is 2.20. The summed E-state index contributed by atoms with van der Waals surface area (Å²) in [5.41, 5.74) is 8.16. The van der Waals surface area contributed by atoms with Gasteiger partial charge in [-0.05, 0) is 24.2 Å². The molecule has 0 aromatic carbocycles. The molecule has 1 saturated heterocycles.